The van der Waals surface area contributed by atoms with Gasteiger partial charge in [-0.1, -0.05) is 6.92 Å². The van der Waals surface area contributed by atoms with Crippen molar-refractivity contribution in [3.05, 3.63) is 23.8 Å². The lowest BCUT2D eigenvalue weighted by atomic mass is 9.86. The van der Waals surface area contributed by atoms with Crippen molar-refractivity contribution in [2.24, 2.45) is 5.92 Å². The smallest absolute Gasteiger partial charge is 0.228 e. The van der Waals surface area contributed by atoms with Crippen LogP contribution < -0.4 is 9.64 Å². The Morgan fingerprint density at radius 2 is 2.15 bits per heavy atom. The average molecular weight is 380 g/mol. The summed E-state index contributed by atoms with van der Waals surface area (Å²) in [6, 6.07) is 5.77. The Balaban J connectivity index is 1.95. The van der Waals surface area contributed by atoms with Crippen LogP contribution in [0.3, 0.4) is 0 Å². The summed E-state index contributed by atoms with van der Waals surface area (Å²) in [4.78, 5) is 24.3. The molecule has 6 nitrogen and oxygen atoms in total. The van der Waals surface area contributed by atoms with Crippen molar-refractivity contribution in [1.82, 2.24) is 0 Å². The fourth-order valence-electron chi connectivity index (χ4n) is 4.18. The SMILES string of the molecule is CO[C@@H]1c2cc(N3CCC3=O)ccc2O[C@H](C(CCO)[Si](C)(C)O)[C@H]1C. The zero-order chi connectivity index (χ0) is 19.1. The van der Waals surface area contributed by atoms with Gasteiger partial charge in [0, 0.05) is 49.4 Å². The van der Waals surface area contributed by atoms with Gasteiger partial charge in [-0.15, -0.1) is 0 Å². The standard InChI is InChI=1S/C19H29NO5Si/c1-12-18(24-2)14-11-13(20-9-7-17(20)22)5-6-15(14)25-19(12)16(8-10-21)26(3,4)23/h5-6,11-12,16,18-19,21,23H,7-10H2,1-4H3/t12-,16?,18-,19-/m0/s1. The Hall–Kier alpha value is -1.41. The van der Waals surface area contributed by atoms with Gasteiger partial charge in [-0.3, -0.25) is 4.79 Å². The minimum atomic E-state index is -2.53. The molecule has 0 spiro atoms. The van der Waals surface area contributed by atoms with E-state index >= 15 is 0 Å². The highest BCUT2D eigenvalue weighted by molar-refractivity contribution is 6.71. The van der Waals surface area contributed by atoms with E-state index in [0.717, 1.165) is 23.5 Å². The molecule has 1 aromatic carbocycles. The van der Waals surface area contributed by atoms with Crippen LogP contribution in [-0.4, -0.2) is 50.5 Å². The van der Waals surface area contributed by atoms with E-state index in [4.69, 9.17) is 9.47 Å². The maximum atomic E-state index is 11.8. The van der Waals surface area contributed by atoms with Crippen LogP contribution in [0.4, 0.5) is 5.69 Å². The minimum absolute atomic E-state index is 0.0188. The van der Waals surface area contributed by atoms with Gasteiger partial charge < -0.3 is 24.3 Å². The Bertz CT molecular complexity index is 674. The molecule has 144 valence electrons. The molecule has 1 unspecified atom stereocenters. The molecule has 1 aromatic rings. The molecule has 0 radical (unpaired) electrons. The largest absolute Gasteiger partial charge is 0.490 e. The summed E-state index contributed by atoms with van der Waals surface area (Å²) in [5, 5.41) is 9.48. The second-order valence-electron chi connectivity index (χ2n) is 7.89. The third-order valence-electron chi connectivity index (χ3n) is 5.72. The molecule has 26 heavy (non-hydrogen) atoms. The number of hydrogen-bond acceptors (Lipinski definition) is 5. The first-order chi connectivity index (χ1) is 12.3. The first-order valence-corrected chi connectivity index (χ1v) is 12.3. The van der Waals surface area contributed by atoms with E-state index in [-0.39, 0.29) is 36.2 Å². The fourth-order valence-corrected chi connectivity index (χ4v) is 6.19. The monoisotopic (exact) mass is 379 g/mol. The molecule has 0 aromatic heterocycles. The van der Waals surface area contributed by atoms with Crippen molar-refractivity contribution >= 4 is 19.9 Å². The number of nitrogens with zero attached hydrogens (tertiary/aromatic N) is 1. The molecule has 2 aliphatic rings. The Kier molecular flexibility index (Phi) is 5.44. The molecule has 0 saturated carbocycles. The quantitative estimate of drug-likeness (QED) is 0.586. The number of hydrogen-bond donors (Lipinski definition) is 2. The van der Waals surface area contributed by atoms with Crippen LogP contribution in [0.2, 0.25) is 18.6 Å². The van der Waals surface area contributed by atoms with E-state index in [9.17, 15) is 14.7 Å². The molecular formula is C19H29NO5Si. The number of ether oxygens (including phenoxy) is 2. The molecule has 1 fully saturated rings. The molecule has 4 atom stereocenters. The maximum Gasteiger partial charge on any atom is 0.228 e. The molecule has 0 aliphatic carbocycles. The molecule has 7 heteroatoms. The minimum Gasteiger partial charge on any atom is -0.490 e. The lowest BCUT2D eigenvalue weighted by Gasteiger charge is -2.44. The molecule has 1 saturated heterocycles. The number of aliphatic hydroxyl groups excluding tert-OH is 1. The van der Waals surface area contributed by atoms with Crippen molar-refractivity contribution in [3.63, 3.8) is 0 Å². The third-order valence-corrected chi connectivity index (χ3v) is 8.15. The normalized spacial score (nSPS) is 26.8. The molecule has 2 heterocycles. The molecule has 0 bridgehead atoms. The number of carbonyl (C=O) groups is 1. The van der Waals surface area contributed by atoms with Gasteiger partial charge in [-0.2, -0.15) is 0 Å². The fraction of sp³-hybridized carbons (Fsp3) is 0.632. The van der Waals surface area contributed by atoms with Crippen LogP contribution in [0.5, 0.6) is 5.75 Å². The summed E-state index contributed by atoms with van der Waals surface area (Å²) in [7, 11) is -0.851. The zero-order valence-electron chi connectivity index (χ0n) is 15.9. The molecule has 2 N–H and O–H groups in total. The lowest BCUT2D eigenvalue weighted by Crippen LogP contribution is -2.48. The topological polar surface area (TPSA) is 79.2 Å². The highest BCUT2D eigenvalue weighted by Crippen LogP contribution is 2.47. The number of anilines is 1. The summed E-state index contributed by atoms with van der Waals surface area (Å²) in [5.41, 5.74) is 1.72. The zero-order valence-corrected chi connectivity index (χ0v) is 16.9. The van der Waals surface area contributed by atoms with Crippen molar-refractivity contribution < 1.29 is 24.2 Å². The van der Waals surface area contributed by atoms with Crippen LogP contribution in [0.1, 0.15) is 31.4 Å². The second kappa shape index (κ2) is 7.30. The van der Waals surface area contributed by atoms with Gasteiger partial charge in [-0.25, -0.2) is 0 Å². The summed E-state index contributed by atoms with van der Waals surface area (Å²) < 4.78 is 12.1. The van der Waals surface area contributed by atoms with Gasteiger partial charge in [0.15, 0.2) is 8.32 Å². The number of carbonyl (C=O) groups excluding carboxylic acids is 1. The maximum absolute atomic E-state index is 11.8. The van der Waals surface area contributed by atoms with Gasteiger partial charge in [0.1, 0.15) is 11.9 Å². The first-order valence-electron chi connectivity index (χ1n) is 9.25. The molecule has 1 amide bonds. The summed E-state index contributed by atoms with van der Waals surface area (Å²) >= 11 is 0. The van der Waals surface area contributed by atoms with E-state index in [2.05, 4.69) is 6.92 Å². The number of aliphatic hydroxyl groups is 1. The number of fused-ring (bicyclic) bond motifs is 1. The van der Waals surface area contributed by atoms with Crippen molar-refractivity contribution in [2.45, 2.75) is 50.6 Å². The Morgan fingerprint density at radius 3 is 2.65 bits per heavy atom. The lowest BCUT2D eigenvalue weighted by molar-refractivity contribution is -0.122. The van der Waals surface area contributed by atoms with Crippen LogP contribution >= 0.6 is 0 Å². The van der Waals surface area contributed by atoms with Crippen molar-refractivity contribution in [1.29, 1.82) is 0 Å². The van der Waals surface area contributed by atoms with Crippen LogP contribution in [-0.2, 0) is 9.53 Å². The molecule has 3 rings (SSSR count). The van der Waals surface area contributed by atoms with Gasteiger partial charge in [0.05, 0.1) is 6.10 Å². The first kappa shape index (κ1) is 19.4. The Labute approximate surface area is 155 Å². The highest BCUT2D eigenvalue weighted by Gasteiger charge is 2.46. The van der Waals surface area contributed by atoms with Gasteiger partial charge in [0.2, 0.25) is 5.91 Å². The number of methoxy groups -OCH3 is 1. The molecule has 2 aliphatic heterocycles. The molecular weight excluding hydrogens is 350 g/mol. The van der Waals surface area contributed by atoms with Crippen molar-refractivity contribution in [3.8, 4) is 5.75 Å². The van der Waals surface area contributed by atoms with E-state index in [1.54, 1.807) is 12.0 Å². The third kappa shape index (κ3) is 3.41. The van der Waals surface area contributed by atoms with Crippen LogP contribution in [0.25, 0.3) is 0 Å². The summed E-state index contributed by atoms with van der Waals surface area (Å²) in [6.07, 6.45) is 0.704. The predicted molar refractivity (Wildman–Crippen MR) is 102 cm³/mol. The van der Waals surface area contributed by atoms with Crippen LogP contribution in [0, 0.1) is 5.92 Å². The number of rotatable bonds is 6. The second-order valence-corrected chi connectivity index (χ2v) is 11.9. The number of β-lactam (4-membered cyclic amide) rings is 1. The van der Waals surface area contributed by atoms with E-state index in [0.29, 0.717) is 12.8 Å². The number of amides is 1. The van der Waals surface area contributed by atoms with E-state index in [1.165, 1.54) is 0 Å². The van der Waals surface area contributed by atoms with E-state index in [1.807, 2.05) is 31.3 Å². The van der Waals surface area contributed by atoms with E-state index < -0.39 is 8.32 Å². The summed E-state index contributed by atoms with van der Waals surface area (Å²) in [5.74, 6) is 0.890. The Morgan fingerprint density at radius 1 is 1.42 bits per heavy atom. The van der Waals surface area contributed by atoms with Crippen LogP contribution in [0.15, 0.2) is 18.2 Å². The highest BCUT2D eigenvalue weighted by atomic mass is 28.4. The average Bonchev–Trinajstić information content (AvgIpc) is 2.57. The van der Waals surface area contributed by atoms with Crippen molar-refractivity contribution in [2.75, 3.05) is 25.2 Å². The number of benzene rings is 1. The van der Waals surface area contributed by atoms with Gasteiger partial charge in [-0.05, 0) is 37.7 Å². The van der Waals surface area contributed by atoms with Gasteiger partial charge in [0.25, 0.3) is 0 Å². The summed E-state index contributed by atoms with van der Waals surface area (Å²) in [6.45, 7) is 6.61. The predicted octanol–water partition coefficient (Wildman–Crippen LogP) is 2.46. The van der Waals surface area contributed by atoms with Gasteiger partial charge >= 0.3 is 0 Å².